The van der Waals surface area contributed by atoms with E-state index in [0.29, 0.717) is 12.8 Å². The van der Waals surface area contributed by atoms with Crippen LogP contribution in [0, 0.1) is 5.41 Å². The van der Waals surface area contributed by atoms with Crippen LogP contribution in [-0.4, -0.2) is 35.8 Å². The molecule has 6 heteroatoms. The molecule has 0 aromatic carbocycles. The van der Waals surface area contributed by atoms with Crippen molar-refractivity contribution in [1.82, 2.24) is 5.32 Å². The topological polar surface area (TPSA) is 41.5 Å². The molecule has 3 nitrogen and oxygen atoms in total. The van der Waals surface area contributed by atoms with E-state index in [0.717, 1.165) is 6.42 Å². The van der Waals surface area contributed by atoms with Crippen molar-refractivity contribution in [2.75, 3.05) is 6.61 Å². The Labute approximate surface area is 112 Å². The van der Waals surface area contributed by atoms with Gasteiger partial charge in [-0.15, -0.1) is 13.2 Å². The summed E-state index contributed by atoms with van der Waals surface area (Å²) in [6.45, 7) is 7.65. The van der Waals surface area contributed by atoms with Gasteiger partial charge in [0.05, 0.1) is 12.2 Å². The molecule has 0 saturated heterocycles. The van der Waals surface area contributed by atoms with Crippen molar-refractivity contribution in [3.8, 4) is 0 Å². The van der Waals surface area contributed by atoms with Gasteiger partial charge in [-0.2, -0.15) is 0 Å². The number of ether oxygens (including phenoxy) is 1. The Kier molecular flexibility index (Phi) is 4.91. The highest BCUT2D eigenvalue weighted by Gasteiger charge is 2.49. The number of halogens is 3. The van der Waals surface area contributed by atoms with E-state index in [2.05, 4.69) is 30.8 Å². The highest BCUT2D eigenvalue weighted by Crippen LogP contribution is 2.40. The molecule has 1 rings (SSSR count). The SMILES string of the molecule is CC(C)(C)C[C@H](CO)NC1CC(C)(OC(F)(F)F)C1. The van der Waals surface area contributed by atoms with E-state index in [4.69, 9.17) is 0 Å². The van der Waals surface area contributed by atoms with Crippen LogP contribution in [0.2, 0.25) is 0 Å². The molecule has 2 N–H and O–H groups in total. The van der Waals surface area contributed by atoms with Crippen molar-refractivity contribution < 1.29 is 23.0 Å². The number of hydrogen-bond donors (Lipinski definition) is 2. The summed E-state index contributed by atoms with van der Waals surface area (Å²) in [5, 5.41) is 12.5. The Balaban J connectivity index is 2.38. The Hall–Kier alpha value is -0.330. The standard InChI is InChI=1S/C13H24F3NO2/c1-11(2,3)5-10(8-18)17-9-6-12(4,7-9)19-13(14,15)16/h9-10,17-18H,5-8H2,1-4H3/t9?,10-,12?/m1/s1. The molecule has 0 heterocycles. The molecule has 0 aliphatic heterocycles. The normalized spacial score (nSPS) is 30.0. The first-order valence-electron chi connectivity index (χ1n) is 6.56. The third-order valence-electron chi connectivity index (χ3n) is 3.27. The zero-order valence-electron chi connectivity index (χ0n) is 12.0. The lowest BCUT2D eigenvalue weighted by atomic mass is 9.76. The second kappa shape index (κ2) is 5.58. The monoisotopic (exact) mass is 283 g/mol. The lowest BCUT2D eigenvalue weighted by molar-refractivity contribution is -0.377. The van der Waals surface area contributed by atoms with Crippen LogP contribution in [0.3, 0.4) is 0 Å². The van der Waals surface area contributed by atoms with Gasteiger partial charge in [0, 0.05) is 12.1 Å². The number of alkyl halides is 3. The fourth-order valence-electron chi connectivity index (χ4n) is 2.71. The molecule has 0 unspecified atom stereocenters. The number of rotatable bonds is 5. The van der Waals surface area contributed by atoms with Crippen molar-refractivity contribution in [1.29, 1.82) is 0 Å². The van der Waals surface area contributed by atoms with Gasteiger partial charge in [0.15, 0.2) is 0 Å². The molecule has 19 heavy (non-hydrogen) atoms. The minimum atomic E-state index is -4.58. The Morgan fingerprint density at radius 2 is 1.84 bits per heavy atom. The molecule has 1 fully saturated rings. The molecule has 0 amide bonds. The summed E-state index contributed by atoms with van der Waals surface area (Å²) in [7, 11) is 0. The molecule has 1 aliphatic rings. The fourth-order valence-corrected chi connectivity index (χ4v) is 2.71. The summed E-state index contributed by atoms with van der Waals surface area (Å²) in [4.78, 5) is 0. The van der Waals surface area contributed by atoms with Gasteiger partial charge in [0.1, 0.15) is 0 Å². The molecule has 1 atom stereocenters. The van der Waals surface area contributed by atoms with E-state index in [1.54, 1.807) is 0 Å². The van der Waals surface area contributed by atoms with Crippen molar-refractivity contribution in [2.24, 2.45) is 5.41 Å². The van der Waals surface area contributed by atoms with Gasteiger partial charge in [-0.3, -0.25) is 4.74 Å². The van der Waals surface area contributed by atoms with Gasteiger partial charge in [-0.1, -0.05) is 20.8 Å². The van der Waals surface area contributed by atoms with Crippen LogP contribution in [0.5, 0.6) is 0 Å². The van der Waals surface area contributed by atoms with Crippen LogP contribution in [-0.2, 0) is 4.74 Å². The van der Waals surface area contributed by atoms with E-state index < -0.39 is 12.0 Å². The summed E-state index contributed by atoms with van der Waals surface area (Å²) < 4.78 is 40.6. The Morgan fingerprint density at radius 3 is 2.21 bits per heavy atom. The first kappa shape index (κ1) is 16.7. The Morgan fingerprint density at radius 1 is 1.32 bits per heavy atom. The molecular formula is C13H24F3NO2. The maximum absolute atomic E-state index is 12.2. The summed E-state index contributed by atoms with van der Waals surface area (Å²) in [6, 6.07) is -0.104. The molecule has 0 aromatic heterocycles. The van der Waals surface area contributed by atoms with Gasteiger partial charge in [0.2, 0.25) is 0 Å². The molecule has 0 radical (unpaired) electrons. The largest absolute Gasteiger partial charge is 0.523 e. The maximum Gasteiger partial charge on any atom is 0.523 e. The van der Waals surface area contributed by atoms with E-state index in [9.17, 15) is 18.3 Å². The van der Waals surface area contributed by atoms with Crippen molar-refractivity contribution in [3.05, 3.63) is 0 Å². The predicted octanol–water partition coefficient (Wildman–Crippen LogP) is 2.83. The highest BCUT2D eigenvalue weighted by molar-refractivity contribution is 4.98. The third-order valence-corrected chi connectivity index (χ3v) is 3.27. The second-order valence-corrected chi connectivity index (χ2v) is 6.91. The lowest BCUT2D eigenvalue weighted by Crippen LogP contribution is -2.58. The summed E-state index contributed by atoms with van der Waals surface area (Å²) in [5.41, 5.74) is -1.06. The molecule has 114 valence electrons. The lowest BCUT2D eigenvalue weighted by Gasteiger charge is -2.46. The van der Waals surface area contributed by atoms with Gasteiger partial charge in [0.25, 0.3) is 0 Å². The molecule has 1 aliphatic carbocycles. The average molecular weight is 283 g/mol. The van der Waals surface area contributed by atoms with Crippen LogP contribution in [0.15, 0.2) is 0 Å². The predicted molar refractivity (Wildman–Crippen MR) is 66.6 cm³/mol. The molecule has 0 aromatic rings. The molecule has 0 bridgehead atoms. The molecule has 0 spiro atoms. The zero-order valence-corrected chi connectivity index (χ0v) is 12.0. The quantitative estimate of drug-likeness (QED) is 0.815. The van der Waals surface area contributed by atoms with Crippen LogP contribution < -0.4 is 5.32 Å². The van der Waals surface area contributed by atoms with Crippen LogP contribution >= 0.6 is 0 Å². The Bertz CT molecular complexity index is 293. The van der Waals surface area contributed by atoms with Crippen molar-refractivity contribution in [3.63, 3.8) is 0 Å². The zero-order chi connectivity index (χ0) is 14.9. The molecular weight excluding hydrogens is 259 g/mol. The smallest absolute Gasteiger partial charge is 0.395 e. The highest BCUT2D eigenvalue weighted by atomic mass is 19.4. The first-order chi connectivity index (χ1) is 8.42. The summed E-state index contributed by atoms with van der Waals surface area (Å²) in [6.07, 6.45) is -3.18. The number of aliphatic hydroxyl groups is 1. The van der Waals surface area contributed by atoms with E-state index in [1.807, 2.05) is 0 Å². The maximum atomic E-state index is 12.2. The minimum Gasteiger partial charge on any atom is -0.395 e. The molecule has 1 saturated carbocycles. The third kappa shape index (κ3) is 6.10. The van der Waals surface area contributed by atoms with Gasteiger partial charge in [-0.05, 0) is 31.6 Å². The number of aliphatic hydroxyl groups excluding tert-OH is 1. The number of hydrogen-bond acceptors (Lipinski definition) is 3. The average Bonchev–Trinajstić information content (AvgIpc) is 2.08. The van der Waals surface area contributed by atoms with Gasteiger partial charge >= 0.3 is 6.36 Å². The van der Waals surface area contributed by atoms with E-state index >= 15 is 0 Å². The minimum absolute atomic E-state index is 0.00931. The van der Waals surface area contributed by atoms with Crippen molar-refractivity contribution >= 4 is 0 Å². The first-order valence-corrected chi connectivity index (χ1v) is 6.56. The van der Waals surface area contributed by atoms with E-state index in [-0.39, 0.29) is 24.1 Å². The second-order valence-electron chi connectivity index (χ2n) is 6.91. The van der Waals surface area contributed by atoms with Gasteiger partial charge in [-0.25, -0.2) is 0 Å². The van der Waals surface area contributed by atoms with Crippen LogP contribution in [0.1, 0.15) is 47.0 Å². The number of nitrogens with one attached hydrogen (secondary N) is 1. The van der Waals surface area contributed by atoms with Crippen LogP contribution in [0.4, 0.5) is 13.2 Å². The van der Waals surface area contributed by atoms with Crippen LogP contribution in [0.25, 0.3) is 0 Å². The summed E-state index contributed by atoms with van der Waals surface area (Å²) >= 11 is 0. The van der Waals surface area contributed by atoms with E-state index in [1.165, 1.54) is 6.92 Å². The van der Waals surface area contributed by atoms with Crippen molar-refractivity contribution in [2.45, 2.75) is 71.0 Å². The summed E-state index contributed by atoms with van der Waals surface area (Å²) in [5.74, 6) is 0. The van der Waals surface area contributed by atoms with Gasteiger partial charge < -0.3 is 10.4 Å². The fraction of sp³-hybridized carbons (Fsp3) is 1.00.